The number of aliphatic hydroxyl groups is 1. The lowest BCUT2D eigenvalue weighted by Gasteiger charge is -2.19. The molecular formula is C12H20O. The summed E-state index contributed by atoms with van der Waals surface area (Å²) in [5, 5.41) is 9.72. The Labute approximate surface area is 81.5 Å². The summed E-state index contributed by atoms with van der Waals surface area (Å²) in [5.41, 5.74) is 1.05. The molecule has 74 valence electrons. The van der Waals surface area contributed by atoms with Crippen molar-refractivity contribution in [3.8, 4) is 0 Å². The minimum atomic E-state index is -0.269. The first kappa shape index (κ1) is 12.2. The predicted octanol–water partition coefficient (Wildman–Crippen LogP) is 3.08. The maximum Gasteiger partial charge on any atom is 0.0606 e. The van der Waals surface area contributed by atoms with E-state index in [2.05, 4.69) is 20.1 Å². The molecule has 0 bridgehead atoms. The molecule has 0 saturated carbocycles. The van der Waals surface area contributed by atoms with Crippen molar-refractivity contribution in [2.45, 2.75) is 32.8 Å². The van der Waals surface area contributed by atoms with Crippen molar-refractivity contribution >= 4 is 0 Å². The topological polar surface area (TPSA) is 20.2 Å². The fourth-order valence-corrected chi connectivity index (χ4v) is 1.31. The molecule has 0 aromatic carbocycles. The molecule has 2 unspecified atom stereocenters. The van der Waals surface area contributed by atoms with Crippen molar-refractivity contribution in [2.75, 3.05) is 0 Å². The second-order valence-electron chi connectivity index (χ2n) is 3.25. The Morgan fingerprint density at radius 3 is 2.46 bits per heavy atom. The summed E-state index contributed by atoms with van der Waals surface area (Å²) in [6, 6.07) is 0. The van der Waals surface area contributed by atoms with E-state index in [0.29, 0.717) is 0 Å². The van der Waals surface area contributed by atoms with Crippen molar-refractivity contribution in [3.05, 3.63) is 37.0 Å². The van der Waals surface area contributed by atoms with Crippen molar-refractivity contribution in [3.63, 3.8) is 0 Å². The first-order valence-electron chi connectivity index (χ1n) is 4.80. The van der Waals surface area contributed by atoms with Gasteiger partial charge in [0, 0.05) is 5.92 Å². The van der Waals surface area contributed by atoms with Crippen LogP contribution in [0.5, 0.6) is 0 Å². The van der Waals surface area contributed by atoms with Gasteiger partial charge >= 0.3 is 0 Å². The highest BCUT2D eigenvalue weighted by atomic mass is 16.3. The van der Waals surface area contributed by atoms with Crippen molar-refractivity contribution < 1.29 is 5.11 Å². The van der Waals surface area contributed by atoms with Crippen LogP contribution in [0.1, 0.15) is 26.7 Å². The summed E-state index contributed by atoms with van der Waals surface area (Å²) in [7, 11) is 0. The number of hydrogen-bond donors (Lipinski definition) is 1. The second-order valence-corrected chi connectivity index (χ2v) is 3.25. The standard InChI is InChI=1S/C12H20O/c1-5-8-11(7-3)10(4)12(13)9-6-2/h5,7-8,10,12-13H,1,3,6,9H2,2,4H3/b11-8+. The Hall–Kier alpha value is -0.820. The first-order chi connectivity index (χ1) is 6.17. The Kier molecular flexibility index (Phi) is 6.25. The molecule has 0 amide bonds. The van der Waals surface area contributed by atoms with Crippen LogP contribution in [0, 0.1) is 5.92 Å². The van der Waals surface area contributed by atoms with Crippen LogP contribution in [0.4, 0.5) is 0 Å². The van der Waals surface area contributed by atoms with Gasteiger partial charge in [-0.3, -0.25) is 0 Å². The summed E-state index contributed by atoms with van der Waals surface area (Å²) in [4.78, 5) is 0. The van der Waals surface area contributed by atoms with Crippen LogP contribution in [-0.2, 0) is 0 Å². The summed E-state index contributed by atoms with van der Waals surface area (Å²) in [6.45, 7) is 11.4. The predicted molar refractivity (Wildman–Crippen MR) is 58.6 cm³/mol. The van der Waals surface area contributed by atoms with Gasteiger partial charge in [0.2, 0.25) is 0 Å². The lowest BCUT2D eigenvalue weighted by molar-refractivity contribution is 0.124. The molecule has 13 heavy (non-hydrogen) atoms. The molecular weight excluding hydrogens is 160 g/mol. The van der Waals surface area contributed by atoms with E-state index in [0.717, 1.165) is 18.4 Å². The molecule has 1 heteroatoms. The molecule has 1 nitrogen and oxygen atoms in total. The zero-order valence-electron chi connectivity index (χ0n) is 8.66. The van der Waals surface area contributed by atoms with E-state index in [9.17, 15) is 5.11 Å². The van der Waals surface area contributed by atoms with E-state index in [-0.39, 0.29) is 12.0 Å². The molecule has 0 fully saturated rings. The van der Waals surface area contributed by atoms with E-state index in [1.165, 1.54) is 0 Å². The summed E-state index contributed by atoms with van der Waals surface area (Å²) in [5.74, 6) is 0.149. The smallest absolute Gasteiger partial charge is 0.0606 e. The molecule has 0 spiro atoms. The fraction of sp³-hybridized carbons (Fsp3) is 0.500. The summed E-state index contributed by atoms with van der Waals surface area (Å²) in [6.07, 6.45) is 6.98. The van der Waals surface area contributed by atoms with Crippen LogP contribution in [-0.4, -0.2) is 11.2 Å². The van der Waals surface area contributed by atoms with E-state index in [1.807, 2.05) is 13.0 Å². The number of aliphatic hydroxyl groups excluding tert-OH is 1. The van der Waals surface area contributed by atoms with Crippen LogP contribution in [0.3, 0.4) is 0 Å². The third-order valence-corrected chi connectivity index (χ3v) is 2.23. The monoisotopic (exact) mass is 180 g/mol. The largest absolute Gasteiger partial charge is 0.393 e. The number of rotatable bonds is 6. The van der Waals surface area contributed by atoms with E-state index >= 15 is 0 Å². The molecule has 0 aromatic heterocycles. The molecule has 0 aliphatic rings. The zero-order chi connectivity index (χ0) is 10.3. The summed E-state index contributed by atoms with van der Waals surface area (Å²) >= 11 is 0. The Morgan fingerprint density at radius 2 is 2.08 bits per heavy atom. The van der Waals surface area contributed by atoms with Crippen LogP contribution in [0.2, 0.25) is 0 Å². The highest BCUT2D eigenvalue weighted by Crippen LogP contribution is 2.19. The molecule has 0 aliphatic heterocycles. The van der Waals surface area contributed by atoms with E-state index in [4.69, 9.17) is 0 Å². The Morgan fingerprint density at radius 1 is 1.46 bits per heavy atom. The highest BCUT2D eigenvalue weighted by molar-refractivity contribution is 5.24. The minimum absolute atomic E-state index is 0.149. The van der Waals surface area contributed by atoms with E-state index < -0.39 is 0 Å². The van der Waals surface area contributed by atoms with Crippen LogP contribution >= 0.6 is 0 Å². The molecule has 1 N–H and O–H groups in total. The first-order valence-corrected chi connectivity index (χ1v) is 4.80. The van der Waals surface area contributed by atoms with Gasteiger partial charge in [-0.1, -0.05) is 51.7 Å². The minimum Gasteiger partial charge on any atom is -0.393 e. The van der Waals surface area contributed by atoms with Gasteiger partial charge in [-0.25, -0.2) is 0 Å². The molecule has 0 rings (SSSR count). The lowest BCUT2D eigenvalue weighted by atomic mass is 9.92. The quantitative estimate of drug-likeness (QED) is 0.623. The average Bonchev–Trinajstić information content (AvgIpc) is 2.13. The van der Waals surface area contributed by atoms with Crippen molar-refractivity contribution in [1.29, 1.82) is 0 Å². The van der Waals surface area contributed by atoms with E-state index in [1.54, 1.807) is 12.2 Å². The normalized spacial score (nSPS) is 16.4. The number of hydrogen-bond acceptors (Lipinski definition) is 1. The third-order valence-electron chi connectivity index (χ3n) is 2.23. The van der Waals surface area contributed by atoms with Gasteiger partial charge in [-0.05, 0) is 12.0 Å². The molecule has 0 aliphatic carbocycles. The van der Waals surface area contributed by atoms with Gasteiger partial charge in [-0.2, -0.15) is 0 Å². The van der Waals surface area contributed by atoms with Crippen LogP contribution in [0.25, 0.3) is 0 Å². The van der Waals surface area contributed by atoms with Gasteiger partial charge in [0.1, 0.15) is 0 Å². The molecule has 0 heterocycles. The Bertz CT molecular complexity index is 191. The van der Waals surface area contributed by atoms with Crippen LogP contribution < -0.4 is 0 Å². The molecule has 0 radical (unpaired) electrons. The fourth-order valence-electron chi connectivity index (χ4n) is 1.31. The summed E-state index contributed by atoms with van der Waals surface area (Å²) < 4.78 is 0. The lowest BCUT2D eigenvalue weighted by Crippen LogP contribution is -2.18. The second kappa shape index (κ2) is 6.67. The van der Waals surface area contributed by atoms with Crippen molar-refractivity contribution in [1.82, 2.24) is 0 Å². The zero-order valence-corrected chi connectivity index (χ0v) is 8.66. The van der Waals surface area contributed by atoms with Gasteiger partial charge in [0.05, 0.1) is 6.10 Å². The van der Waals surface area contributed by atoms with Crippen LogP contribution in [0.15, 0.2) is 37.0 Å². The van der Waals surface area contributed by atoms with Gasteiger partial charge in [0.25, 0.3) is 0 Å². The van der Waals surface area contributed by atoms with Gasteiger partial charge < -0.3 is 5.11 Å². The SMILES string of the molecule is C=C/C=C(\C=C)C(C)C(O)CCC. The van der Waals surface area contributed by atoms with Gasteiger partial charge in [0.15, 0.2) is 0 Å². The maximum absolute atomic E-state index is 9.72. The third kappa shape index (κ3) is 4.09. The van der Waals surface area contributed by atoms with Crippen molar-refractivity contribution in [2.24, 2.45) is 5.92 Å². The number of allylic oxidation sites excluding steroid dienone is 3. The van der Waals surface area contributed by atoms with Gasteiger partial charge in [-0.15, -0.1) is 0 Å². The molecule has 0 saturated heterocycles. The molecule has 2 atom stereocenters. The average molecular weight is 180 g/mol. The maximum atomic E-state index is 9.72. The highest BCUT2D eigenvalue weighted by Gasteiger charge is 2.14. The Balaban J connectivity index is 4.35. The molecule has 0 aromatic rings.